The summed E-state index contributed by atoms with van der Waals surface area (Å²) in [5.41, 5.74) is 6.03. The molecule has 3 aromatic carbocycles. The molecule has 136 valence electrons. The topological polar surface area (TPSA) is 15.7 Å². The van der Waals surface area contributed by atoms with Crippen molar-refractivity contribution in [2.45, 2.75) is 12.8 Å². The molecule has 4 rings (SSSR count). The number of para-hydroxylation sites is 2. The fourth-order valence-electron chi connectivity index (χ4n) is 3.68. The number of hydrogen-bond donors (Lipinski definition) is 0. The lowest BCUT2D eigenvalue weighted by Gasteiger charge is -2.28. The van der Waals surface area contributed by atoms with E-state index < -0.39 is 0 Å². The van der Waals surface area contributed by atoms with Crippen LogP contribution < -0.4 is 14.5 Å². The Balaban J connectivity index is 1.45. The van der Waals surface area contributed by atoms with Crippen molar-refractivity contribution in [2.24, 2.45) is 0 Å². The molecule has 0 aromatic heterocycles. The van der Waals surface area contributed by atoms with Gasteiger partial charge in [0.1, 0.15) is 18.5 Å². The Labute approximate surface area is 161 Å². The van der Waals surface area contributed by atoms with Crippen LogP contribution in [0, 0.1) is 0 Å². The monoisotopic (exact) mass is 356 g/mol. The van der Waals surface area contributed by atoms with Gasteiger partial charge in [-0.3, -0.25) is 0 Å². The predicted octanol–water partition coefficient (Wildman–Crippen LogP) is 5.49. The normalized spacial score (nSPS) is 13.6. The molecule has 3 aromatic rings. The van der Waals surface area contributed by atoms with Crippen LogP contribution in [0.3, 0.4) is 0 Å². The molecule has 1 aliphatic rings. The number of rotatable bonds is 5. The summed E-state index contributed by atoms with van der Waals surface area (Å²) in [5.74, 6) is 0.882. The molecule has 0 atom stereocenters. The van der Waals surface area contributed by atoms with Gasteiger partial charge >= 0.3 is 0 Å². The summed E-state index contributed by atoms with van der Waals surface area (Å²) in [7, 11) is 4.29. The Bertz CT molecular complexity index is 902. The van der Waals surface area contributed by atoms with Crippen LogP contribution in [0.25, 0.3) is 6.08 Å². The van der Waals surface area contributed by atoms with Crippen LogP contribution in [0.5, 0.6) is 5.75 Å². The highest BCUT2D eigenvalue weighted by Gasteiger charge is 2.31. The van der Waals surface area contributed by atoms with Crippen LogP contribution in [-0.4, -0.2) is 14.1 Å². The third-order valence-electron chi connectivity index (χ3n) is 5.17. The van der Waals surface area contributed by atoms with Crippen LogP contribution in [-0.2, 0) is 6.61 Å². The second-order valence-electron chi connectivity index (χ2n) is 6.89. The van der Waals surface area contributed by atoms with E-state index in [4.69, 9.17) is 4.74 Å². The maximum absolute atomic E-state index is 5.95. The van der Waals surface area contributed by atoms with Gasteiger partial charge < -0.3 is 14.5 Å². The van der Waals surface area contributed by atoms with Gasteiger partial charge in [-0.1, -0.05) is 61.2 Å². The average Bonchev–Trinajstić information content (AvgIpc) is 2.98. The SMILES string of the molecule is C=Cc1ccc(COc2ccc(C3N(C)c4ccccc4N3C)cc2)cc1. The number of benzene rings is 3. The van der Waals surface area contributed by atoms with Crippen LogP contribution in [0.1, 0.15) is 22.9 Å². The molecule has 0 aliphatic carbocycles. The van der Waals surface area contributed by atoms with Gasteiger partial charge in [0.15, 0.2) is 0 Å². The van der Waals surface area contributed by atoms with Crippen molar-refractivity contribution < 1.29 is 4.74 Å². The number of hydrogen-bond acceptors (Lipinski definition) is 3. The lowest BCUT2D eigenvalue weighted by molar-refractivity contribution is 0.306. The summed E-state index contributed by atoms with van der Waals surface area (Å²) in [4.78, 5) is 4.62. The second-order valence-corrected chi connectivity index (χ2v) is 6.89. The third-order valence-corrected chi connectivity index (χ3v) is 5.17. The highest BCUT2D eigenvalue weighted by molar-refractivity contribution is 5.77. The minimum atomic E-state index is 0.197. The van der Waals surface area contributed by atoms with Crippen molar-refractivity contribution in [3.8, 4) is 5.75 Å². The zero-order valence-electron chi connectivity index (χ0n) is 15.8. The van der Waals surface area contributed by atoms with E-state index in [0.29, 0.717) is 6.61 Å². The zero-order valence-corrected chi connectivity index (χ0v) is 15.8. The lowest BCUT2D eigenvalue weighted by atomic mass is 10.1. The van der Waals surface area contributed by atoms with Crippen molar-refractivity contribution in [3.05, 3.63) is 96.1 Å². The smallest absolute Gasteiger partial charge is 0.128 e. The first-order chi connectivity index (χ1) is 13.2. The molecule has 0 fully saturated rings. The Morgan fingerprint density at radius 1 is 0.852 bits per heavy atom. The van der Waals surface area contributed by atoms with Crippen molar-refractivity contribution in [1.29, 1.82) is 0 Å². The molecule has 1 aliphatic heterocycles. The van der Waals surface area contributed by atoms with E-state index in [-0.39, 0.29) is 6.17 Å². The zero-order chi connectivity index (χ0) is 18.8. The van der Waals surface area contributed by atoms with E-state index in [0.717, 1.165) is 16.9 Å². The molecule has 3 nitrogen and oxygen atoms in total. The molecular weight excluding hydrogens is 332 g/mol. The molecule has 0 spiro atoms. The molecule has 1 heterocycles. The highest BCUT2D eigenvalue weighted by atomic mass is 16.5. The summed E-state index contributed by atoms with van der Waals surface area (Å²) in [6, 6.07) is 25.2. The van der Waals surface area contributed by atoms with E-state index in [1.807, 2.05) is 6.08 Å². The Morgan fingerprint density at radius 2 is 1.44 bits per heavy atom. The van der Waals surface area contributed by atoms with E-state index in [2.05, 4.69) is 103 Å². The molecule has 0 saturated heterocycles. The molecule has 0 N–H and O–H groups in total. The van der Waals surface area contributed by atoms with Gasteiger partial charge in [-0.25, -0.2) is 0 Å². The van der Waals surface area contributed by atoms with Gasteiger partial charge in [-0.05, 0) is 41.0 Å². The van der Waals surface area contributed by atoms with Crippen LogP contribution in [0.2, 0.25) is 0 Å². The van der Waals surface area contributed by atoms with Gasteiger partial charge in [0, 0.05) is 14.1 Å². The highest BCUT2D eigenvalue weighted by Crippen LogP contribution is 2.44. The molecule has 0 unspecified atom stereocenters. The maximum atomic E-state index is 5.95. The first-order valence-electron chi connectivity index (χ1n) is 9.16. The van der Waals surface area contributed by atoms with E-state index in [1.54, 1.807) is 0 Å². The fourth-order valence-corrected chi connectivity index (χ4v) is 3.68. The number of anilines is 2. The fraction of sp³-hybridized carbons (Fsp3) is 0.167. The first kappa shape index (κ1) is 17.2. The Hall–Kier alpha value is -3.20. The Morgan fingerprint density at radius 3 is 2.00 bits per heavy atom. The molecule has 0 saturated carbocycles. The molecule has 0 bridgehead atoms. The van der Waals surface area contributed by atoms with Gasteiger partial charge in [0.05, 0.1) is 11.4 Å². The van der Waals surface area contributed by atoms with E-state index >= 15 is 0 Å². The van der Waals surface area contributed by atoms with E-state index in [1.165, 1.54) is 16.9 Å². The average molecular weight is 356 g/mol. The third kappa shape index (κ3) is 3.28. The van der Waals surface area contributed by atoms with Crippen LogP contribution in [0.4, 0.5) is 11.4 Å². The van der Waals surface area contributed by atoms with Crippen LogP contribution >= 0.6 is 0 Å². The van der Waals surface area contributed by atoms with E-state index in [9.17, 15) is 0 Å². The first-order valence-corrected chi connectivity index (χ1v) is 9.16. The molecule has 27 heavy (non-hydrogen) atoms. The predicted molar refractivity (Wildman–Crippen MR) is 113 cm³/mol. The minimum absolute atomic E-state index is 0.197. The summed E-state index contributed by atoms with van der Waals surface area (Å²) in [5, 5.41) is 0. The van der Waals surface area contributed by atoms with Crippen molar-refractivity contribution >= 4 is 17.5 Å². The summed E-state index contributed by atoms with van der Waals surface area (Å²) in [6.07, 6.45) is 2.04. The van der Waals surface area contributed by atoms with Crippen molar-refractivity contribution in [3.63, 3.8) is 0 Å². The second kappa shape index (κ2) is 7.20. The molecule has 0 amide bonds. The lowest BCUT2D eigenvalue weighted by Crippen LogP contribution is -2.30. The standard InChI is InChI=1S/C24H24N2O/c1-4-18-9-11-19(12-10-18)17-27-21-15-13-20(14-16-21)24-25(2)22-7-5-6-8-23(22)26(24)3/h4-16,24H,1,17H2,2-3H3. The largest absolute Gasteiger partial charge is 0.489 e. The molecular formula is C24H24N2O. The minimum Gasteiger partial charge on any atom is -0.489 e. The number of fused-ring (bicyclic) bond motifs is 1. The van der Waals surface area contributed by atoms with Crippen molar-refractivity contribution in [1.82, 2.24) is 0 Å². The van der Waals surface area contributed by atoms with Crippen LogP contribution in [0.15, 0.2) is 79.4 Å². The number of nitrogens with zero attached hydrogens (tertiary/aromatic N) is 2. The van der Waals surface area contributed by atoms with Gasteiger partial charge in [-0.15, -0.1) is 0 Å². The Kier molecular flexibility index (Phi) is 4.59. The van der Waals surface area contributed by atoms with Crippen molar-refractivity contribution in [2.75, 3.05) is 23.9 Å². The van der Waals surface area contributed by atoms with Gasteiger partial charge in [-0.2, -0.15) is 0 Å². The molecule has 3 heteroatoms. The van der Waals surface area contributed by atoms with Gasteiger partial charge in [0.2, 0.25) is 0 Å². The van der Waals surface area contributed by atoms with Gasteiger partial charge in [0.25, 0.3) is 0 Å². The number of ether oxygens (including phenoxy) is 1. The maximum Gasteiger partial charge on any atom is 0.128 e. The molecule has 0 radical (unpaired) electrons. The summed E-state index contributed by atoms with van der Waals surface area (Å²) >= 11 is 0. The quantitative estimate of drug-likeness (QED) is 0.601. The summed E-state index contributed by atoms with van der Waals surface area (Å²) < 4.78 is 5.95. The summed E-state index contributed by atoms with van der Waals surface area (Å²) in [6.45, 7) is 4.34.